The summed E-state index contributed by atoms with van der Waals surface area (Å²) in [5, 5.41) is 11.7. The molecule has 6 heteroatoms. The molecule has 0 aromatic heterocycles. The molecular weight excluding hydrogens is 258 g/mol. The molecule has 116 valence electrons. The number of carbonyl (C=O) groups excluding carboxylic acids is 1. The normalized spacial score (nSPS) is 19.3. The lowest BCUT2D eigenvalue weighted by Gasteiger charge is -2.27. The van der Waals surface area contributed by atoms with Crippen molar-refractivity contribution in [2.24, 2.45) is 5.92 Å². The first-order valence-corrected chi connectivity index (χ1v) is 7.42. The van der Waals surface area contributed by atoms with E-state index < -0.39 is 5.97 Å². The number of likely N-dealkylation sites (tertiary alicyclic amines) is 1. The van der Waals surface area contributed by atoms with Gasteiger partial charge in [-0.25, -0.2) is 4.79 Å². The molecule has 1 aliphatic rings. The Morgan fingerprint density at radius 2 is 2.15 bits per heavy atom. The average Bonchev–Trinajstić information content (AvgIpc) is 2.83. The van der Waals surface area contributed by atoms with Gasteiger partial charge in [0.1, 0.15) is 0 Å². The molecule has 0 aromatic rings. The number of aliphatic carboxylic acids is 1. The third kappa shape index (κ3) is 5.36. The second-order valence-corrected chi connectivity index (χ2v) is 5.66. The number of carboxylic acids is 1. The molecule has 0 spiro atoms. The van der Waals surface area contributed by atoms with E-state index in [2.05, 4.69) is 17.1 Å². The number of urea groups is 1. The monoisotopic (exact) mass is 285 g/mol. The van der Waals surface area contributed by atoms with Crippen LogP contribution in [0.25, 0.3) is 0 Å². The first-order valence-electron chi connectivity index (χ1n) is 7.42. The Labute approximate surface area is 121 Å². The van der Waals surface area contributed by atoms with Crippen LogP contribution in [0.4, 0.5) is 4.79 Å². The summed E-state index contributed by atoms with van der Waals surface area (Å²) >= 11 is 0. The maximum Gasteiger partial charge on any atom is 0.317 e. The van der Waals surface area contributed by atoms with Crippen molar-refractivity contribution in [1.82, 2.24) is 15.1 Å². The Balaban J connectivity index is 2.36. The van der Waals surface area contributed by atoms with Crippen LogP contribution in [0.3, 0.4) is 0 Å². The minimum Gasteiger partial charge on any atom is -0.481 e. The highest BCUT2D eigenvalue weighted by molar-refractivity contribution is 5.75. The van der Waals surface area contributed by atoms with Crippen LogP contribution >= 0.6 is 0 Å². The van der Waals surface area contributed by atoms with Gasteiger partial charge < -0.3 is 20.2 Å². The van der Waals surface area contributed by atoms with Gasteiger partial charge >= 0.3 is 12.0 Å². The predicted molar refractivity (Wildman–Crippen MR) is 77.7 cm³/mol. The largest absolute Gasteiger partial charge is 0.481 e. The van der Waals surface area contributed by atoms with Crippen LogP contribution in [-0.4, -0.2) is 65.7 Å². The van der Waals surface area contributed by atoms with E-state index in [1.165, 1.54) is 0 Å². The first-order chi connectivity index (χ1) is 9.43. The van der Waals surface area contributed by atoms with Gasteiger partial charge in [-0.2, -0.15) is 0 Å². The van der Waals surface area contributed by atoms with Gasteiger partial charge in [0.2, 0.25) is 0 Å². The van der Waals surface area contributed by atoms with E-state index >= 15 is 0 Å². The molecule has 1 heterocycles. The zero-order valence-electron chi connectivity index (χ0n) is 12.8. The molecule has 1 unspecified atom stereocenters. The molecular formula is C14H27N3O3. The number of rotatable bonds is 7. The standard InChI is InChI=1S/C14H27N3O3/c1-4-16-7-5-12(10-16)9-15-14(20)17(11(2)3)8-6-13(18)19/h11-12H,4-10H2,1-3H3,(H,15,20)(H,18,19). The van der Waals surface area contributed by atoms with E-state index in [1.54, 1.807) is 4.90 Å². The van der Waals surface area contributed by atoms with Gasteiger partial charge in [-0.3, -0.25) is 4.79 Å². The fourth-order valence-electron chi connectivity index (χ4n) is 2.51. The van der Waals surface area contributed by atoms with Gasteiger partial charge in [0.25, 0.3) is 0 Å². The summed E-state index contributed by atoms with van der Waals surface area (Å²) in [5.41, 5.74) is 0. The van der Waals surface area contributed by atoms with Crippen LogP contribution in [0.15, 0.2) is 0 Å². The van der Waals surface area contributed by atoms with E-state index in [0.717, 1.165) is 26.1 Å². The summed E-state index contributed by atoms with van der Waals surface area (Å²) in [6.07, 6.45) is 1.10. The predicted octanol–water partition coefficient (Wildman–Crippen LogP) is 1.22. The zero-order valence-corrected chi connectivity index (χ0v) is 12.8. The Kier molecular flexibility index (Phi) is 6.78. The lowest BCUT2D eigenvalue weighted by molar-refractivity contribution is -0.137. The number of nitrogens with one attached hydrogen (secondary N) is 1. The third-order valence-electron chi connectivity index (χ3n) is 3.81. The Hall–Kier alpha value is -1.30. The van der Waals surface area contributed by atoms with E-state index in [1.807, 2.05) is 13.8 Å². The maximum absolute atomic E-state index is 12.1. The highest BCUT2D eigenvalue weighted by Crippen LogP contribution is 2.14. The smallest absolute Gasteiger partial charge is 0.317 e. The van der Waals surface area contributed by atoms with Crippen molar-refractivity contribution in [2.45, 2.75) is 39.7 Å². The zero-order chi connectivity index (χ0) is 15.1. The molecule has 1 rings (SSSR count). The van der Waals surface area contributed by atoms with Crippen LogP contribution in [-0.2, 0) is 4.79 Å². The van der Waals surface area contributed by atoms with E-state index in [0.29, 0.717) is 12.5 Å². The second kappa shape index (κ2) is 8.09. The highest BCUT2D eigenvalue weighted by Gasteiger charge is 2.23. The summed E-state index contributed by atoms with van der Waals surface area (Å²) in [7, 11) is 0. The van der Waals surface area contributed by atoms with Crippen molar-refractivity contribution in [1.29, 1.82) is 0 Å². The molecule has 0 aromatic carbocycles. The second-order valence-electron chi connectivity index (χ2n) is 5.66. The minimum atomic E-state index is -0.877. The minimum absolute atomic E-state index is 0.00469. The van der Waals surface area contributed by atoms with Gasteiger partial charge in [0, 0.05) is 25.7 Å². The number of carboxylic acid groups (broad SMARTS) is 1. The van der Waals surface area contributed by atoms with Gasteiger partial charge in [-0.05, 0) is 39.3 Å². The molecule has 6 nitrogen and oxygen atoms in total. The molecule has 0 saturated carbocycles. The Morgan fingerprint density at radius 1 is 1.45 bits per heavy atom. The van der Waals surface area contributed by atoms with Crippen molar-refractivity contribution < 1.29 is 14.7 Å². The van der Waals surface area contributed by atoms with Crippen molar-refractivity contribution in [3.05, 3.63) is 0 Å². The topological polar surface area (TPSA) is 72.9 Å². The average molecular weight is 285 g/mol. The number of amides is 2. The van der Waals surface area contributed by atoms with Gasteiger partial charge in [-0.15, -0.1) is 0 Å². The van der Waals surface area contributed by atoms with E-state index in [-0.39, 0.29) is 25.0 Å². The molecule has 1 aliphatic heterocycles. The number of carbonyl (C=O) groups is 2. The van der Waals surface area contributed by atoms with Crippen molar-refractivity contribution in [3.63, 3.8) is 0 Å². The Morgan fingerprint density at radius 3 is 2.65 bits per heavy atom. The number of hydrogen-bond donors (Lipinski definition) is 2. The molecule has 2 amide bonds. The quantitative estimate of drug-likeness (QED) is 0.738. The molecule has 1 atom stereocenters. The van der Waals surface area contributed by atoms with E-state index in [9.17, 15) is 9.59 Å². The lowest BCUT2D eigenvalue weighted by atomic mass is 10.1. The molecule has 0 radical (unpaired) electrons. The highest BCUT2D eigenvalue weighted by atomic mass is 16.4. The summed E-state index contributed by atoms with van der Waals surface area (Å²) in [5.74, 6) is -0.370. The summed E-state index contributed by atoms with van der Waals surface area (Å²) in [4.78, 5) is 26.7. The molecule has 1 saturated heterocycles. The van der Waals surface area contributed by atoms with Crippen LogP contribution < -0.4 is 5.32 Å². The molecule has 0 bridgehead atoms. The Bertz CT molecular complexity index is 334. The van der Waals surface area contributed by atoms with Crippen LogP contribution in [0.1, 0.15) is 33.6 Å². The van der Waals surface area contributed by atoms with Crippen LogP contribution in [0, 0.1) is 5.92 Å². The number of nitrogens with zero attached hydrogens (tertiary/aromatic N) is 2. The van der Waals surface area contributed by atoms with Gasteiger partial charge in [-0.1, -0.05) is 6.92 Å². The van der Waals surface area contributed by atoms with Gasteiger partial charge in [0.15, 0.2) is 0 Å². The molecule has 0 aliphatic carbocycles. The first kappa shape index (κ1) is 16.8. The lowest BCUT2D eigenvalue weighted by Crippen LogP contribution is -2.46. The van der Waals surface area contributed by atoms with Crippen molar-refractivity contribution >= 4 is 12.0 Å². The van der Waals surface area contributed by atoms with E-state index in [4.69, 9.17) is 5.11 Å². The van der Waals surface area contributed by atoms with Gasteiger partial charge in [0.05, 0.1) is 6.42 Å². The SMILES string of the molecule is CCN1CCC(CNC(=O)N(CCC(=O)O)C(C)C)C1. The van der Waals surface area contributed by atoms with Crippen LogP contribution in [0.2, 0.25) is 0 Å². The fraction of sp³-hybridized carbons (Fsp3) is 0.857. The summed E-state index contributed by atoms with van der Waals surface area (Å²) in [6.45, 7) is 10.1. The molecule has 20 heavy (non-hydrogen) atoms. The maximum atomic E-state index is 12.1. The molecule has 1 fully saturated rings. The third-order valence-corrected chi connectivity index (χ3v) is 3.81. The molecule has 2 N–H and O–H groups in total. The number of hydrogen-bond acceptors (Lipinski definition) is 3. The van der Waals surface area contributed by atoms with Crippen molar-refractivity contribution in [3.8, 4) is 0 Å². The van der Waals surface area contributed by atoms with Crippen LogP contribution in [0.5, 0.6) is 0 Å². The summed E-state index contributed by atoms with van der Waals surface area (Å²) < 4.78 is 0. The summed E-state index contributed by atoms with van der Waals surface area (Å²) in [6, 6.07) is -0.152. The van der Waals surface area contributed by atoms with Crippen molar-refractivity contribution in [2.75, 3.05) is 32.7 Å². The fourth-order valence-corrected chi connectivity index (χ4v) is 2.51.